The van der Waals surface area contributed by atoms with Gasteiger partial charge in [-0.15, -0.1) is 0 Å². The Hall–Kier alpha value is -1.80. The van der Waals surface area contributed by atoms with E-state index in [9.17, 15) is 5.26 Å². The molecular formula is C14H13BrN4. The third kappa shape index (κ3) is 2.02. The van der Waals surface area contributed by atoms with Crippen molar-refractivity contribution < 1.29 is 0 Å². The molecule has 0 fully saturated rings. The number of rotatable bonds is 1. The van der Waals surface area contributed by atoms with Crippen LogP contribution in [0.2, 0.25) is 0 Å². The monoisotopic (exact) mass is 316 g/mol. The number of nitrogens with zero attached hydrogens (tertiary/aromatic N) is 3. The van der Waals surface area contributed by atoms with Gasteiger partial charge in [-0.25, -0.2) is 4.68 Å². The summed E-state index contributed by atoms with van der Waals surface area (Å²) in [4.78, 5) is 0. The average Bonchev–Trinajstić information content (AvgIpc) is 2.79. The molecule has 1 aromatic carbocycles. The van der Waals surface area contributed by atoms with Gasteiger partial charge in [-0.05, 0) is 25.5 Å². The molecule has 1 atom stereocenters. The molecule has 0 saturated carbocycles. The lowest BCUT2D eigenvalue weighted by Gasteiger charge is -2.22. The summed E-state index contributed by atoms with van der Waals surface area (Å²) in [6, 6.07) is 10.5. The van der Waals surface area contributed by atoms with Gasteiger partial charge in [0.1, 0.15) is 23.1 Å². The van der Waals surface area contributed by atoms with Gasteiger partial charge in [0.15, 0.2) is 0 Å². The molecule has 2 heterocycles. The lowest BCUT2D eigenvalue weighted by Crippen LogP contribution is -2.21. The quantitative estimate of drug-likeness (QED) is 0.875. The number of nitrogens with one attached hydrogen (secondary N) is 1. The minimum atomic E-state index is 0.326. The van der Waals surface area contributed by atoms with Gasteiger partial charge in [0.05, 0.1) is 6.04 Å². The van der Waals surface area contributed by atoms with Crippen molar-refractivity contribution in [2.75, 3.05) is 11.9 Å². The lowest BCUT2D eigenvalue weighted by molar-refractivity contribution is 0.454. The molecule has 2 aromatic rings. The molecule has 0 spiro atoms. The smallest absolute Gasteiger partial charge is 0.143 e. The number of nitriles is 1. The topological polar surface area (TPSA) is 53.6 Å². The molecule has 1 aromatic heterocycles. The minimum absolute atomic E-state index is 0.326. The van der Waals surface area contributed by atoms with E-state index in [-0.39, 0.29) is 0 Å². The number of halogens is 1. The van der Waals surface area contributed by atoms with Gasteiger partial charge in [0, 0.05) is 16.6 Å². The second kappa shape index (κ2) is 4.71. The normalized spacial score (nSPS) is 17.4. The number of hydrogen-bond donors (Lipinski definition) is 1. The van der Waals surface area contributed by atoms with E-state index < -0.39 is 0 Å². The van der Waals surface area contributed by atoms with E-state index in [4.69, 9.17) is 0 Å². The molecule has 0 amide bonds. The summed E-state index contributed by atoms with van der Waals surface area (Å²) in [7, 11) is 0. The average molecular weight is 317 g/mol. The van der Waals surface area contributed by atoms with Crippen LogP contribution in [0.5, 0.6) is 0 Å². The highest BCUT2D eigenvalue weighted by molar-refractivity contribution is 9.10. The Kier molecular flexibility index (Phi) is 3.03. The third-order valence-corrected chi connectivity index (χ3v) is 3.94. The van der Waals surface area contributed by atoms with Crippen molar-refractivity contribution in [3.63, 3.8) is 0 Å². The molecule has 1 unspecified atom stereocenters. The highest BCUT2D eigenvalue weighted by Crippen LogP contribution is 2.33. The van der Waals surface area contributed by atoms with Crippen LogP contribution >= 0.6 is 15.9 Å². The number of aromatic nitrogens is 2. The minimum Gasteiger partial charge on any atom is -0.369 e. The van der Waals surface area contributed by atoms with E-state index in [1.807, 2.05) is 28.9 Å². The Bertz CT molecular complexity index is 651. The van der Waals surface area contributed by atoms with Gasteiger partial charge < -0.3 is 5.32 Å². The molecule has 0 bridgehead atoms. The van der Waals surface area contributed by atoms with Crippen LogP contribution in [0.1, 0.15) is 24.9 Å². The highest BCUT2D eigenvalue weighted by Gasteiger charge is 2.24. The molecule has 5 heteroatoms. The van der Waals surface area contributed by atoms with E-state index in [0.717, 1.165) is 34.5 Å². The summed E-state index contributed by atoms with van der Waals surface area (Å²) >= 11 is 3.42. The van der Waals surface area contributed by atoms with Crippen molar-refractivity contribution in [3.05, 3.63) is 34.3 Å². The fourth-order valence-electron chi connectivity index (χ4n) is 2.36. The molecule has 0 radical (unpaired) electrons. The summed E-state index contributed by atoms with van der Waals surface area (Å²) in [5.74, 6) is 0.846. The summed E-state index contributed by atoms with van der Waals surface area (Å²) < 4.78 is 2.95. The second-order valence-corrected chi connectivity index (χ2v) is 5.62. The van der Waals surface area contributed by atoms with E-state index in [0.29, 0.717) is 11.6 Å². The van der Waals surface area contributed by atoms with Crippen molar-refractivity contribution in [2.24, 2.45) is 0 Å². The van der Waals surface area contributed by atoms with Crippen LogP contribution in [-0.2, 0) is 0 Å². The van der Waals surface area contributed by atoms with Crippen LogP contribution < -0.4 is 5.32 Å². The highest BCUT2D eigenvalue weighted by atomic mass is 79.9. The van der Waals surface area contributed by atoms with Crippen LogP contribution in [0.25, 0.3) is 11.3 Å². The van der Waals surface area contributed by atoms with Crippen LogP contribution in [-0.4, -0.2) is 16.3 Å². The van der Waals surface area contributed by atoms with Crippen LogP contribution in [0.3, 0.4) is 0 Å². The Morgan fingerprint density at radius 1 is 1.42 bits per heavy atom. The third-order valence-electron chi connectivity index (χ3n) is 3.41. The first-order valence-corrected chi connectivity index (χ1v) is 7.02. The predicted molar refractivity (Wildman–Crippen MR) is 77.9 cm³/mol. The molecule has 96 valence electrons. The fourth-order valence-corrected chi connectivity index (χ4v) is 2.62. The first-order valence-electron chi connectivity index (χ1n) is 6.23. The van der Waals surface area contributed by atoms with Crippen LogP contribution in [0, 0.1) is 11.3 Å². The molecule has 4 nitrogen and oxygen atoms in total. The van der Waals surface area contributed by atoms with E-state index in [1.165, 1.54) is 0 Å². The number of hydrogen-bond acceptors (Lipinski definition) is 3. The Balaban J connectivity index is 2.17. The molecular weight excluding hydrogens is 304 g/mol. The number of fused-ring (bicyclic) bond motifs is 1. The zero-order chi connectivity index (χ0) is 13.4. The molecule has 1 aliphatic heterocycles. The molecule has 1 aliphatic rings. The van der Waals surface area contributed by atoms with Crippen molar-refractivity contribution >= 4 is 21.7 Å². The van der Waals surface area contributed by atoms with Crippen molar-refractivity contribution in [1.29, 1.82) is 5.26 Å². The summed E-state index contributed by atoms with van der Waals surface area (Å²) in [5.41, 5.74) is 2.36. The van der Waals surface area contributed by atoms with Crippen molar-refractivity contribution in [2.45, 2.75) is 19.4 Å². The number of benzene rings is 1. The largest absolute Gasteiger partial charge is 0.369 e. The first kappa shape index (κ1) is 12.2. The molecule has 3 rings (SSSR count). The van der Waals surface area contributed by atoms with Crippen LogP contribution in [0.15, 0.2) is 28.7 Å². The predicted octanol–water partition coefficient (Wildman–Crippen LogP) is 3.56. The standard InChI is InChI=1S/C14H13BrN4/c1-9-6-7-17-14-12(8-16)13(18-19(9)14)10-2-4-11(15)5-3-10/h2-5,9,17H,6-7H2,1H3. The van der Waals surface area contributed by atoms with Gasteiger partial charge >= 0.3 is 0 Å². The summed E-state index contributed by atoms with van der Waals surface area (Å²) in [6.45, 7) is 3.02. The van der Waals surface area contributed by atoms with Crippen molar-refractivity contribution in [1.82, 2.24) is 9.78 Å². The second-order valence-electron chi connectivity index (χ2n) is 4.70. The molecule has 1 N–H and O–H groups in total. The first-order chi connectivity index (χ1) is 9.20. The van der Waals surface area contributed by atoms with Gasteiger partial charge in [0.2, 0.25) is 0 Å². The maximum Gasteiger partial charge on any atom is 0.143 e. The molecule has 0 aliphatic carbocycles. The van der Waals surface area contributed by atoms with Gasteiger partial charge in [0.25, 0.3) is 0 Å². The fraction of sp³-hybridized carbons (Fsp3) is 0.286. The Labute approximate surface area is 120 Å². The maximum atomic E-state index is 9.41. The summed E-state index contributed by atoms with van der Waals surface area (Å²) in [5, 5.41) is 17.3. The van der Waals surface area contributed by atoms with Crippen LogP contribution in [0.4, 0.5) is 5.82 Å². The maximum absolute atomic E-state index is 9.41. The SMILES string of the molecule is CC1CCNc2c(C#N)c(-c3ccc(Br)cc3)nn21. The lowest BCUT2D eigenvalue weighted by atomic mass is 10.1. The Morgan fingerprint density at radius 3 is 2.84 bits per heavy atom. The van der Waals surface area contributed by atoms with Gasteiger partial charge in [-0.2, -0.15) is 10.4 Å². The summed E-state index contributed by atoms with van der Waals surface area (Å²) in [6.07, 6.45) is 1.03. The van der Waals surface area contributed by atoms with E-state index in [2.05, 4.69) is 39.3 Å². The van der Waals surface area contributed by atoms with E-state index in [1.54, 1.807) is 0 Å². The Morgan fingerprint density at radius 2 is 2.16 bits per heavy atom. The molecule has 19 heavy (non-hydrogen) atoms. The van der Waals surface area contributed by atoms with Crippen molar-refractivity contribution in [3.8, 4) is 17.3 Å². The van der Waals surface area contributed by atoms with Gasteiger partial charge in [-0.3, -0.25) is 0 Å². The van der Waals surface area contributed by atoms with E-state index >= 15 is 0 Å². The zero-order valence-corrected chi connectivity index (χ0v) is 12.1. The number of anilines is 1. The van der Waals surface area contributed by atoms with Gasteiger partial charge in [-0.1, -0.05) is 28.1 Å². The molecule has 0 saturated heterocycles. The zero-order valence-electron chi connectivity index (χ0n) is 10.5.